The predicted octanol–water partition coefficient (Wildman–Crippen LogP) is 3.31. The molecule has 106 valence electrons. The molecule has 1 aromatic rings. The Morgan fingerprint density at radius 3 is 2.58 bits per heavy atom. The highest BCUT2D eigenvalue weighted by molar-refractivity contribution is 5.39. The first kappa shape index (κ1) is 14.2. The minimum atomic E-state index is -2.66. The number of methoxy groups -OCH3 is 1. The summed E-state index contributed by atoms with van der Waals surface area (Å²) in [5.41, 5.74) is 0.270. The summed E-state index contributed by atoms with van der Waals surface area (Å²) in [5.74, 6) is -0.213. The monoisotopic (exact) mass is 273 g/mol. The first-order valence-corrected chi connectivity index (χ1v) is 6.47. The van der Waals surface area contributed by atoms with Crippen LogP contribution in [0.2, 0.25) is 0 Å². The van der Waals surface area contributed by atoms with Gasteiger partial charge < -0.3 is 10.1 Å². The van der Waals surface area contributed by atoms with E-state index < -0.39 is 12.2 Å². The average molecular weight is 273 g/mol. The van der Waals surface area contributed by atoms with Gasteiger partial charge in [0.15, 0.2) is 11.6 Å². The second kappa shape index (κ2) is 6.28. The molecule has 0 radical (unpaired) electrons. The molecule has 0 amide bonds. The van der Waals surface area contributed by atoms with E-state index in [1.165, 1.54) is 13.2 Å². The number of rotatable bonds is 4. The zero-order valence-electron chi connectivity index (χ0n) is 10.9. The van der Waals surface area contributed by atoms with Crippen LogP contribution in [0.4, 0.5) is 13.2 Å². The van der Waals surface area contributed by atoms with Gasteiger partial charge >= 0.3 is 0 Å². The van der Waals surface area contributed by atoms with E-state index in [9.17, 15) is 13.2 Å². The van der Waals surface area contributed by atoms with Crippen LogP contribution >= 0.6 is 0 Å². The molecule has 1 aliphatic heterocycles. The molecule has 2 nitrogen and oxygen atoms in total. The van der Waals surface area contributed by atoms with Crippen molar-refractivity contribution in [3.8, 4) is 5.75 Å². The van der Waals surface area contributed by atoms with E-state index in [0.717, 1.165) is 32.0 Å². The highest BCUT2D eigenvalue weighted by Gasteiger charge is 2.20. The van der Waals surface area contributed by atoms with Crippen molar-refractivity contribution in [2.24, 2.45) is 5.92 Å². The van der Waals surface area contributed by atoms with E-state index in [1.807, 2.05) is 0 Å². The van der Waals surface area contributed by atoms with Gasteiger partial charge in [-0.2, -0.15) is 0 Å². The second-order valence-corrected chi connectivity index (χ2v) is 4.89. The van der Waals surface area contributed by atoms with Crippen molar-refractivity contribution >= 4 is 0 Å². The topological polar surface area (TPSA) is 21.3 Å². The quantitative estimate of drug-likeness (QED) is 0.908. The summed E-state index contributed by atoms with van der Waals surface area (Å²) in [4.78, 5) is 0. The molecule has 1 aliphatic rings. The van der Waals surface area contributed by atoms with E-state index in [1.54, 1.807) is 0 Å². The summed E-state index contributed by atoms with van der Waals surface area (Å²) in [6.45, 7) is 1.84. The number of piperidine rings is 1. The van der Waals surface area contributed by atoms with Crippen LogP contribution in [-0.4, -0.2) is 20.2 Å². The van der Waals surface area contributed by atoms with Gasteiger partial charge in [-0.05, 0) is 56.0 Å². The van der Waals surface area contributed by atoms with Crippen molar-refractivity contribution in [1.82, 2.24) is 5.32 Å². The lowest BCUT2D eigenvalue weighted by molar-refractivity contribution is 0.150. The molecular formula is C14H18F3NO. The third-order valence-electron chi connectivity index (χ3n) is 3.57. The third kappa shape index (κ3) is 3.41. The Hall–Kier alpha value is -1.23. The highest BCUT2D eigenvalue weighted by atomic mass is 19.3. The molecule has 1 fully saturated rings. The van der Waals surface area contributed by atoms with Gasteiger partial charge in [-0.25, -0.2) is 13.2 Å². The SMILES string of the molecule is COc1c(F)cc(C(F)F)cc1CC1CCNCC1. The number of ether oxygens (including phenoxy) is 1. The van der Waals surface area contributed by atoms with Crippen LogP contribution in [-0.2, 0) is 6.42 Å². The first-order chi connectivity index (χ1) is 9.11. The van der Waals surface area contributed by atoms with Crippen molar-refractivity contribution in [2.45, 2.75) is 25.7 Å². The number of nitrogens with one attached hydrogen (secondary N) is 1. The number of halogens is 3. The number of benzene rings is 1. The lowest BCUT2D eigenvalue weighted by Crippen LogP contribution is -2.28. The summed E-state index contributed by atoms with van der Waals surface area (Å²) in [5, 5.41) is 3.24. The summed E-state index contributed by atoms with van der Waals surface area (Å²) in [7, 11) is 1.37. The maximum atomic E-state index is 13.8. The molecule has 0 spiro atoms. The second-order valence-electron chi connectivity index (χ2n) is 4.89. The molecule has 1 N–H and O–H groups in total. The Labute approximate surface area is 111 Å². The fourth-order valence-electron chi connectivity index (χ4n) is 2.58. The van der Waals surface area contributed by atoms with Crippen LogP contribution in [0.1, 0.15) is 30.4 Å². The van der Waals surface area contributed by atoms with Crippen molar-refractivity contribution in [1.29, 1.82) is 0 Å². The lowest BCUT2D eigenvalue weighted by Gasteiger charge is -2.23. The molecule has 1 saturated heterocycles. The van der Waals surface area contributed by atoms with Crippen LogP contribution in [0.25, 0.3) is 0 Å². The first-order valence-electron chi connectivity index (χ1n) is 6.47. The van der Waals surface area contributed by atoms with Gasteiger partial charge in [-0.15, -0.1) is 0 Å². The molecule has 0 saturated carbocycles. The molecule has 1 aromatic carbocycles. The van der Waals surface area contributed by atoms with Gasteiger partial charge in [0, 0.05) is 5.56 Å². The minimum Gasteiger partial charge on any atom is -0.493 e. The number of hydrogen-bond acceptors (Lipinski definition) is 2. The lowest BCUT2D eigenvalue weighted by atomic mass is 9.90. The molecule has 5 heteroatoms. The Morgan fingerprint density at radius 2 is 2.00 bits per heavy atom. The molecule has 1 heterocycles. The Bertz CT molecular complexity index is 431. The van der Waals surface area contributed by atoms with E-state index >= 15 is 0 Å². The normalized spacial score (nSPS) is 16.9. The Morgan fingerprint density at radius 1 is 1.32 bits per heavy atom. The average Bonchev–Trinajstić information content (AvgIpc) is 2.39. The summed E-state index contributed by atoms with van der Waals surface area (Å²) in [6.07, 6.45) is -0.123. The van der Waals surface area contributed by atoms with E-state index in [4.69, 9.17) is 4.74 Å². The van der Waals surface area contributed by atoms with Gasteiger partial charge in [0.25, 0.3) is 6.43 Å². The van der Waals surface area contributed by atoms with Gasteiger partial charge in [-0.1, -0.05) is 0 Å². The van der Waals surface area contributed by atoms with Crippen molar-refractivity contribution in [3.05, 3.63) is 29.1 Å². The summed E-state index contributed by atoms with van der Waals surface area (Å²) >= 11 is 0. The molecule has 2 rings (SSSR count). The Balaban J connectivity index is 2.25. The fourth-order valence-corrected chi connectivity index (χ4v) is 2.58. The smallest absolute Gasteiger partial charge is 0.263 e. The van der Waals surface area contributed by atoms with Crippen LogP contribution in [0.15, 0.2) is 12.1 Å². The molecular weight excluding hydrogens is 255 g/mol. The predicted molar refractivity (Wildman–Crippen MR) is 67.2 cm³/mol. The molecule has 0 unspecified atom stereocenters. The maximum absolute atomic E-state index is 13.8. The molecule has 19 heavy (non-hydrogen) atoms. The van der Waals surface area contributed by atoms with Crippen LogP contribution in [0, 0.1) is 11.7 Å². The molecule has 0 atom stereocenters. The van der Waals surface area contributed by atoms with E-state index in [2.05, 4.69) is 5.32 Å². The standard InChI is InChI=1S/C14H18F3NO/c1-19-13-10(6-9-2-4-18-5-3-9)7-11(14(16)17)8-12(13)15/h7-9,14,18H,2-6H2,1H3. The number of hydrogen-bond donors (Lipinski definition) is 1. The van der Waals surface area contributed by atoms with Gasteiger partial charge in [0.05, 0.1) is 7.11 Å². The van der Waals surface area contributed by atoms with Crippen LogP contribution in [0.5, 0.6) is 5.75 Å². The highest BCUT2D eigenvalue weighted by Crippen LogP contribution is 2.32. The van der Waals surface area contributed by atoms with Crippen LogP contribution < -0.4 is 10.1 Å². The largest absolute Gasteiger partial charge is 0.493 e. The third-order valence-corrected chi connectivity index (χ3v) is 3.57. The van der Waals surface area contributed by atoms with Gasteiger partial charge in [0.2, 0.25) is 0 Å². The minimum absolute atomic E-state index is 0.0999. The van der Waals surface area contributed by atoms with E-state index in [0.29, 0.717) is 17.9 Å². The van der Waals surface area contributed by atoms with Crippen molar-refractivity contribution in [3.63, 3.8) is 0 Å². The molecule has 0 aromatic heterocycles. The van der Waals surface area contributed by atoms with Crippen molar-refractivity contribution in [2.75, 3.05) is 20.2 Å². The molecule has 0 aliphatic carbocycles. The zero-order valence-corrected chi connectivity index (χ0v) is 10.9. The Kier molecular flexibility index (Phi) is 4.69. The summed E-state index contributed by atoms with van der Waals surface area (Å²) < 4.78 is 44.2. The van der Waals surface area contributed by atoms with Crippen molar-refractivity contribution < 1.29 is 17.9 Å². The van der Waals surface area contributed by atoms with Gasteiger partial charge in [0.1, 0.15) is 0 Å². The number of alkyl halides is 2. The fraction of sp³-hybridized carbons (Fsp3) is 0.571. The molecule has 0 bridgehead atoms. The van der Waals surface area contributed by atoms with Crippen LogP contribution in [0.3, 0.4) is 0 Å². The zero-order chi connectivity index (χ0) is 13.8. The van der Waals surface area contributed by atoms with Gasteiger partial charge in [-0.3, -0.25) is 0 Å². The van der Waals surface area contributed by atoms with E-state index in [-0.39, 0.29) is 11.3 Å². The summed E-state index contributed by atoms with van der Waals surface area (Å²) in [6, 6.07) is 2.23. The maximum Gasteiger partial charge on any atom is 0.263 e.